The van der Waals surface area contributed by atoms with Crippen LogP contribution in [0.25, 0.3) is 0 Å². The Bertz CT molecular complexity index is 1170. The number of carboxylic acid groups (broad SMARTS) is 1. The van der Waals surface area contributed by atoms with E-state index in [1.165, 1.54) is 0 Å². The molecule has 168 valence electrons. The fourth-order valence-electron chi connectivity index (χ4n) is 4.62. The third-order valence-electron chi connectivity index (χ3n) is 6.73. The Morgan fingerprint density at radius 3 is 2.45 bits per heavy atom. The minimum absolute atomic E-state index is 0.348. The predicted octanol–water partition coefficient (Wildman–Crippen LogP) is 4.77. The molecule has 2 saturated carbocycles. The van der Waals surface area contributed by atoms with Crippen molar-refractivity contribution in [2.75, 3.05) is 6.61 Å². The number of carboxylic acids is 1. The van der Waals surface area contributed by atoms with Crippen LogP contribution in [0.2, 0.25) is 0 Å². The second-order valence-electron chi connectivity index (χ2n) is 9.19. The summed E-state index contributed by atoms with van der Waals surface area (Å²) in [6, 6.07) is 18.3. The largest absolute Gasteiger partial charge is 0.481 e. The molecule has 2 aliphatic rings. The highest BCUT2D eigenvalue weighted by molar-refractivity contribution is 5.90. The molecule has 0 unspecified atom stereocenters. The van der Waals surface area contributed by atoms with E-state index in [0.29, 0.717) is 29.6 Å². The molecule has 2 aromatic rings. The van der Waals surface area contributed by atoms with Crippen LogP contribution in [-0.2, 0) is 14.3 Å². The standard InChI is InChI=1S/C27H25NO5/c1-26(2)23(13-14-24(29)32-17-18-11-12-18)27(26,25(30)31)22(16-28)19-7-6-10-21(15-19)33-20-8-4-3-5-9-20/h3-10,15,18,22-23H,11-12,17H2,1-2H3,(H,30,31)/t22-,23-,27+/m0/s1. The van der Waals surface area contributed by atoms with Crippen molar-refractivity contribution in [2.24, 2.45) is 22.7 Å². The van der Waals surface area contributed by atoms with E-state index >= 15 is 0 Å². The van der Waals surface area contributed by atoms with Crippen molar-refractivity contribution in [2.45, 2.75) is 32.6 Å². The maximum Gasteiger partial charge on any atom is 0.384 e. The zero-order valence-electron chi connectivity index (χ0n) is 18.6. The molecule has 0 amide bonds. The summed E-state index contributed by atoms with van der Waals surface area (Å²) in [5, 5.41) is 20.3. The van der Waals surface area contributed by atoms with Gasteiger partial charge in [0.15, 0.2) is 0 Å². The number of esters is 1. The Labute approximate surface area is 193 Å². The maximum atomic E-state index is 12.6. The molecule has 33 heavy (non-hydrogen) atoms. The van der Waals surface area contributed by atoms with E-state index in [0.717, 1.165) is 12.8 Å². The summed E-state index contributed by atoms with van der Waals surface area (Å²) in [6.45, 7) is 3.88. The van der Waals surface area contributed by atoms with E-state index in [9.17, 15) is 20.0 Å². The first-order chi connectivity index (χ1) is 15.8. The van der Waals surface area contributed by atoms with Crippen molar-refractivity contribution in [3.63, 3.8) is 0 Å². The van der Waals surface area contributed by atoms with Crippen molar-refractivity contribution in [3.05, 3.63) is 60.2 Å². The van der Waals surface area contributed by atoms with Crippen LogP contribution in [0.3, 0.4) is 0 Å². The third kappa shape index (κ3) is 4.17. The highest BCUT2D eigenvalue weighted by Gasteiger charge is 2.79. The van der Waals surface area contributed by atoms with E-state index in [1.807, 2.05) is 30.3 Å². The molecule has 2 aliphatic carbocycles. The normalized spacial score (nSPS) is 23.2. The SMILES string of the molecule is CC1(C)[C@H](C#CC(=O)OCC2CC2)[C@@]1(C(=O)O)[C@@H](C#N)c1cccc(Oc2ccccc2)c1. The van der Waals surface area contributed by atoms with Crippen LogP contribution in [0.4, 0.5) is 0 Å². The summed E-state index contributed by atoms with van der Waals surface area (Å²) in [4.78, 5) is 24.6. The van der Waals surface area contributed by atoms with Crippen molar-refractivity contribution >= 4 is 11.9 Å². The fourth-order valence-corrected chi connectivity index (χ4v) is 4.62. The van der Waals surface area contributed by atoms with Crippen LogP contribution >= 0.6 is 0 Å². The van der Waals surface area contributed by atoms with E-state index in [4.69, 9.17) is 9.47 Å². The molecular weight excluding hydrogens is 418 g/mol. The Morgan fingerprint density at radius 2 is 1.82 bits per heavy atom. The van der Waals surface area contributed by atoms with Gasteiger partial charge in [0.05, 0.1) is 18.6 Å². The number of hydrogen-bond acceptors (Lipinski definition) is 5. The van der Waals surface area contributed by atoms with E-state index in [1.54, 1.807) is 38.1 Å². The van der Waals surface area contributed by atoms with Gasteiger partial charge in [0, 0.05) is 11.8 Å². The number of carbonyl (C=O) groups excluding carboxylic acids is 1. The average Bonchev–Trinajstić information content (AvgIpc) is 3.69. The van der Waals surface area contributed by atoms with Crippen LogP contribution in [0, 0.1) is 45.8 Å². The molecule has 4 rings (SSSR count). The van der Waals surface area contributed by atoms with Crippen molar-refractivity contribution in [3.8, 4) is 29.4 Å². The zero-order chi connectivity index (χ0) is 23.6. The minimum atomic E-state index is -1.46. The lowest BCUT2D eigenvalue weighted by atomic mass is 9.78. The van der Waals surface area contributed by atoms with Crippen LogP contribution < -0.4 is 4.74 Å². The summed E-state index contributed by atoms with van der Waals surface area (Å²) in [5.74, 6) is 3.40. The molecule has 6 heteroatoms. The van der Waals surface area contributed by atoms with Crippen LogP contribution in [-0.4, -0.2) is 23.7 Å². The van der Waals surface area contributed by atoms with Gasteiger partial charge in [-0.3, -0.25) is 4.79 Å². The number of benzene rings is 2. The van der Waals surface area contributed by atoms with Gasteiger partial charge in [-0.1, -0.05) is 50.1 Å². The Morgan fingerprint density at radius 1 is 1.12 bits per heavy atom. The number of aliphatic carboxylic acids is 1. The van der Waals surface area contributed by atoms with Gasteiger partial charge in [-0.05, 0) is 54.0 Å². The van der Waals surface area contributed by atoms with Crippen molar-refractivity contribution in [1.82, 2.24) is 0 Å². The molecule has 6 nitrogen and oxygen atoms in total. The first-order valence-electron chi connectivity index (χ1n) is 10.9. The first-order valence-corrected chi connectivity index (χ1v) is 10.9. The molecule has 2 fully saturated rings. The number of rotatable bonds is 7. The summed E-state index contributed by atoms with van der Waals surface area (Å²) < 4.78 is 11.0. The molecule has 2 aromatic carbocycles. The monoisotopic (exact) mass is 443 g/mol. The van der Waals surface area contributed by atoms with Gasteiger partial charge in [0.1, 0.15) is 16.9 Å². The predicted molar refractivity (Wildman–Crippen MR) is 120 cm³/mol. The Hall–Kier alpha value is -3.77. The first kappa shape index (κ1) is 22.4. The van der Waals surface area contributed by atoms with Gasteiger partial charge in [0.25, 0.3) is 0 Å². The molecule has 0 aliphatic heterocycles. The molecule has 0 bridgehead atoms. The lowest BCUT2D eigenvalue weighted by Crippen LogP contribution is -2.28. The fraction of sp³-hybridized carbons (Fsp3) is 0.370. The highest BCUT2D eigenvalue weighted by atomic mass is 16.5. The minimum Gasteiger partial charge on any atom is -0.481 e. The van der Waals surface area contributed by atoms with Gasteiger partial charge >= 0.3 is 11.9 Å². The highest BCUT2D eigenvalue weighted by Crippen LogP contribution is 2.74. The Balaban J connectivity index is 1.61. The van der Waals surface area contributed by atoms with Gasteiger partial charge in [-0.15, -0.1) is 0 Å². The number of carbonyl (C=O) groups is 2. The molecule has 1 N–H and O–H groups in total. The number of nitriles is 1. The van der Waals surface area contributed by atoms with Gasteiger partial charge in [-0.25, -0.2) is 4.79 Å². The maximum absolute atomic E-state index is 12.6. The number of para-hydroxylation sites is 1. The summed E-state index contributed by atoms with van der Waals surface area (Å²) >= 11 is 0. The second kappa shape index (κ2) is 8.64. The van der Waals surface area contributed by atoms with Crippen molar-refractivity contribution < 1.29 is 24.2 Å². The number of ether oxygens (including phenoxy) is 2. The molecule has 0 saturated heterocycles. The lowest BCUT2D eigenvalue weighted by molar-refractivity contribution is -0.145. The summed E-state index contributed by atoms with van der Waals surface area (Å²) in [7, 11) is 0. The summed E-state index contributed by atoms with van der Waals surface area (Å²) in [6.07, 6.45) is 2.10. The lowest BCUT2D eigenvalue weighted by Gasteiger charge is -2.22. The average molecular weight is 443 g/mol. The topological polar surface area (TPSA) is 96.6 Å². The van der Waals surface area contributed by atoms with E-state index < -0.39 is 34.6 Å². The summed E-state index contributed by atoms with van der Waals surface area (Å²) in [5.41, 5.74) is -1.75. The Kier molecular flexibility index (Phi) is 5.87. The van der Waals surface area contributed by atoms with Crippen LogP contribution in [0.15, 0.2) is 54.6 Å². The smallest absolute Gasteiger partial charge is 0.384 e. The quantitative estimate of drug-likeness (QED) is 0.376. The van der Waals surface area contributed by atoms with Crippen LogP contribution in [0.5, 0.6) is 11.5 Å². The van der Waals surface area contributed by atoms with Gasteiger partial charge in [-0.2, -0.15) is 5.26 Å². The molecule has 0 radical (unpaired) electrons. The molecule has 0 aromatic heterocycles. The van der Waals surface area contributed by atoms with E-state index in [2.05, 4.69) is 17.9 Å². The third-order valence-corrected chi connectivity index (χ3v) is 6.73. The molecule has 0 heterocycles. The number of nitrogens with zero attached hydrogens (tertiary/aromatic N) is 1. The van der Waals surface area contributed by atoms with E-state index in [-0.39, 0.29) is 0 Å². The molecule has 0 spiro atoms. The van der Waals surface area contributed by atoms with Crippen molar-refractivity contribution in [1.29, 1.82) is 5.26 Å². The number of hydrogen-bond donors (Lipinski definition) is 1. The van der Waals surface area contributed by atoms with Gasteiger partial charge in [0.2, 0.25) is 0 Å². The van der Waals surface area contributed by atoms with Gasteiger partial charge < -0.3 is 14.6 Å². The molecular formula is C27H25NO5. The second-order valence-corrected chi connectivity index (χ2v) is 9.19. The van der Waals surface area contributed by atoms with Crippen LogP contribution in [0.1, 0.15) is 38.2 Å². The zero-order valence-corrected chi connectivity index (χ0v) is 18.6. The molecule has 3 atom stereocenters.